The molecule has 0 unspecified atom stereocenters. The highest BCUT2D eigenvalue weighted by atomic mass is 19.4. The van der Waals surface area contributed by atoms with Crippen LogP contribution in [0.2, 0.25) is 0 Å². The highest BCUT2D eigenvalue weighted by Gasteiger charge is 2.36. The first kappa shape index (κ1) is 22.5. The molecule has 2 aromatic heterocycles. The molecule has 1 aliphatic carbocycles. The first-order valence-electron chi connectivity index (χ1n) is 10.7. The lowest BCUT2D eigenvalue weighted by Gasteiger charge is -2.34. The Kier molecular flexibility index (Phi) is 5.85. The topological polar surface area (TPSA) is 78.3 Å². The molecule has 32 heavy (non-hydrogen) atoms. The van der Waals surface area contributed by atoms with Gasteiger partial charge in [-0.2, -0.15) is 13.2 Å². The number of anilines is 1. The van der Waals surface area contributed by atoms with Gasteiger partial charge >= 0.3 is 6.18 Å². The van der Waals surface area contributed by atoms with Crippen molar-refractivity contribution in [3.8, 4) is 0 Å². The smallest absolute Gasteiger partial charge is 0.393 e. The zero-order chi connectivity index (χ0) is 23.1. The van der Waals surface area contributed by atoms with Crippen LogP contribution in [-0.2, 0) is 11.8 Å². The third-order valence-electron chi connectivity index (χ3n) is 6.41. The van der Waals surface area contributed by atoms with E-state index in [9.17, 15) is 23.4 Å². The van der Waals surface area contributed by atoms with Crippen molar-refractivity contribution in [2.75, 3.05) is 5.32 Å². The summed E-state index contributed by atoms with van der Waals surface area (Å²) in [6, 6.07) is 7.35. The van der Waals surface area contributed by atoms with Gasteiger partial charge in [-0.25, -0.2) is 0 Å². The van der Waals surface area contributed by atoms with Gasteiger partial charge in [-0.1, -0.05) is 12.1 Å². The first-order chi connectivity index (χ1) is 15.1. The molecule has 1 aromatic carbocycles. The number of nitrogens with zero attached hydrogens (tertiary/aromatic N) is 2. The molecule has 0 aliphatic heterocycles. The summed E-state index contributed by atoms with van der Waals surface area (Å²) in [5, 5.41) is 24.9. The minimum absolute atomic E-state index is 0.191. The van der Waals surface area contributed by atoms with Gasteiger partial charge in [0.25, 0.3) is 0 Å². The van der Waals surface area contributed by atoms with Crippen LogP contribution < -0.4 is 5.32 Å². The number of nitrogens with one attached hydrogen (secondary N) is 1. The molecular formula is C24H26F3N3O2. The van der Waals surface area contributed by atoms with Crippen molar-refractivity contribution in [2.45, 2.75) is 63.5 Å². The molecule has 4 rings (SSSR count). The van der Waals surface area contributed by atoms with Gasteiger partial charge in [0.15, 0.2) is 0 Å². The maximum absolute atomic E-state index is 13.3. The second-order valence-electron chi connectivity index (χ2n) is 8.59. The third kappa shape index (κ3) is 4.29. The van der Waals surface area contributed by atoms with Gasteiger partial charge in [0.05, 0.1) is 29.1 Å². The number of fused-ring (bicyclic) bond motifs is 1. The number of benzene rings is 1. The second-order valence-corrected chi connectivity index (χ2v) is 8.59. The number of aromatic nitrogens is 2. The van der Waals surface area contributed by atoms with Crippen LogP contribution in [0.3, 0.4) is 0 Å². The Morgan fingerprint density at radius 1 is 1.16 bits per heavy atom. The van der Waals surface area contributed by atoms with E-state index in [1.54, 1.807) is 30.6 Å². The summed E-state index contributed by atoms with van der Waals surface area (Å²) in [7, 11) is 0. The quantitative estimate of drug-likeness (QED) is 0.511. The molecule has 5 nitrogen and oxygen atoms in total. The first-order valence-corrected chi connectivity index (χ1v) is 10.7. The summed E-state index contributed by atoms with van der Waals surface area (Å²) < 4.78 is 40.0. The summed E-state index contributed by atoms with van der Waals surface area (Å²) in [6.07, 6.45) is 0.215. The van der Waals surface area contributed by atoms with Gasteiger partial charge in [-0.3, -0.25) is 9.97 Å². The average Bonchev–Trinajstić information content (AvgIpc) is 2.75. The second kappa shape index (κ2) is 8.33. The van der Waals surface area contributed by atoms with Crippen LogP contribution in [0.5, 0.6) is 0 Å². The van der Waals surface area contributed by atoms with Crippen LogP contribution in [0.1, 0.15) is 61.0 Å². The minimum atomic E-state index is -4.41. The predicted molar refractivity (Wildman–Crippen MR) is 116 cm³/mol. The lowest BCUT2D eigenvalue weighted by atomic mass is 9.80. The number of halogens is 3. The Bertz CT molecular complexity index is 1130. The molecule has 0 bridgehead atoms. The van der Waals surface area contributed by atoms with Gasteiger partial charge in [0.1, 0.15) is 5.60 Å². The number of pyridine rings is 2. The molecule has 3 aromatic rings. The fraction of sp³-hybridized carbons (Fsp3) is 0.417. The van der Waals surface area contributed by atoms with Crippen LogP contribution in [-0.4, -0.2) is 26.3 Å². The Balaban J connectivity index is 1.68. The molecule has 1 fully saturated rings. The fourth-order valence-electron chi connectivity index (χ4n) is 4.51. The van der Waals surface area contributed by atoms with E-state index in [1.165, 1.54) is 13.0 Å². The van der Waals surface area contributed by atoms with Gasteiger partial charge in [-0.05, 0) is 68.9 Å². The molecule has 2 heterocycles. The Labute approximate surface area is 184 Å². The molecule has 1 saturated carbocycles. The van der Waals surface area contributed by atoms with Crippen LogP contribution in [0, 0.1) is 6.92 Å². The normalized spacial score (nSPS) is 22.7. The molecule has 1 aliphatic rings. The van der Waals surface area contributed by atoms with E-state index >= 15 is 0 Å². The Hall–Kier alpha value is -2.71. The predicted octanol–water partition coefficient (Wildman–Crippen LogP) is 5.25. The molecular weight excluding hydrogens is 419 g/mol. The standard InChI is InChI=1S/C24H26F3N3O2/c1-14-17(4-3-5-19(14)24(25,26)27)15(2)30-20-8-11-28-21-13-29-22(12-18(20)21)23(32)9-6-16(31)7-10-23/h3-5,8,11-13,15-16,31-32H,6-7,9-10H2,1-2H3,(H,28,30)/t15-,16?,23?/m1/s1. The zero-order valence-corrected chi connectivity index (χ0v) is 17.9. The number of rotatable bonds is 4. The van der Waals surface area contributed by atoms with E-state index in [4.69, 9.17) is 0 Å². The number of hydrogen-bond acceptors (Lipinski definition) is 5. The number of aliphatic hydroxyl groups is 2. The van der Waals surface area contributed by atoms with E-state index in [2.05, 4.69) is 15.3 Å². The van der Waals surface area contributed by atoms with Crippen molar-refractivity contribution in [1.82, 2.24) is 9.97 Å². The Morgan fingerprint density at radius 3 is 2.56 bits per heavy atom. The summed E-state index contributed by atoms with van der Waals surface area (Å²) in [6.45, 7) is 3.29. The number of aliphatic hydroxyl groups excluding tert-OH is 1. The van der Waals surface area contributed by atoms with Crippen molar-refractivity contribution in [1.29, 1.82) is 0 Å². The zero-order valence-electron chi connectivity index (χ0n) is 17.9. The van der Waals surface area contributed by atoms with Gasteiger partial charge < -0.3 is 15.5 Å². The molecule has 3 N–H and O–H groups in total. The van der Waals surface area contributed by atoms with Crippen LogP contribution in [0.4, 0.5) is 18.9 Å². The van der Waals surface area contributed by atoms with E-state index in [0.29, 0.717) is 48.1 Å². The highest BCUT2D eigenvalue weighted by molar-refractivity contribution is 5.91. The Morgan fingerprint density at radius 2 is 1.88 bits per heavy atom. The van der Waals surface area contributed by atoms with E-state index in [-0.39, 0.29) is 5.56 Å². The monoisotopic (exact) mass is 445 g/mol. The maximum Gasteiger partial charge on any atom is 0.416 e. The summed E-state index contributed by atoms with van der Waals surface area (Å²) in [4.78, 5) is 8.75. The van der Waals surface area contributed by atoms with E-state index < -0.39 is 29.5 Å². The number of alkyl halides is 3. The van der Waals surface area contributed by atoms with Gasteiger partial charge in [-0.15, -0.1) is 0 Å². The third-order valence-corrected chi connectivity index (χ3v) is 6.41. The molecule has 0 spiro atoms. The molecule has 1 atom stereocenters. The van der Waals surface area contributed by atoms with Crippen molar-refractivity contribution in [3.63, 3.8) is 0 Å². The summed E-state index contributed by atoms with van der Waals surface area (Å²) >= 11 is 0. The molecule has 8 heteroatoms. The summed E-state index contributed by atoms with van der Waals surface area (Å²) in [5.74, 6) is 0. The van der Waals surface area contributed by atoms with Crippen molar-refractivity contribution in [3.05, 3.63) is 65.1 Å². The van der Waals surface area contributed by atoms with Crippen molar-refractivity contribution in [2.24, 2.45) is 0 Å². The largest absolute Gasteiger partial charge is 0.416 e. The fourth-order valence-corrected chi connectivity index (χ4v) is 4.51. The van der Waals surface area contributed by atoms with Crippen LogP contribution >= 0.6 is 0 Å². The molecule has 0 radical (unpaired) electrons. The number of hydrogen-bond donors (Lipinski definition) is 3. The lowest BCUT2D eigenvalue weighted by molar-refractivity contribution is -0.138. The maximum atomic E-state index is 13.3. The minimum Gasteiger partial charge on any atom is -0.393 e. The van der Waals surface area contributed by atoms with E-state index in [1.807, 2.05) is 6.92 Å². The van der Waals surface area contributed by atoms with Gasteiger partial charge in [0, 0.05) is 23.3 Å². The SMILES string of the molecule is Cc1c([C@@H](C)Nc2ccnc3cnc(C4(O)CCC(O)CC4)cc23)cccc1C(F)(F)F. The molecule has 0 saturated heterocycles. The van der Waals surface area contributed by atoms with Gasteiger partial charge in [0.2, 0.25) is 0 Å². The highest BCUT2D eigenvalue weighted by Crippen LogP contribution is 2.39. The molecule has 0 amide bonds. The van der Waals surface area contributed by atoms with E-state index in [0.717, 1.165) is 11.5 Å². The summed E-state index contributed by atoms with van der Waals surface area (Å²) in [5.41, 5.74) is 0.805. The molecule has 170 valence electrons. The lowest BCUT2D eigenvalue weighted by Crippen LogP contribution is -2.34. The van der Waals surface area contributed by atoms with Crippen molar-refractivity contribution >= 4 is 16.6 Å². The van der Waals surface area contributed by atoms with Crippen LogP contribution in [0.15, 0.2) is 42.7 Å². The van der Waals surface area contributed by atoms with Crippen molar-refractivity contribution < 1.29 is 23.4 Å². The average molecular weight is 445 g/mol. The van der Waals surface area contributed by atoms with Crippen LogP contribution in [0.25, 0.3) is 10.9 Å².